The van der Waals surface area contributed by atoms with Gasteiger partial charge in [-0.3, -0.25) is 33.7 Å². The van der Waals surface area contributed by atoms with Crippen molar-refractivity contribution in [2.75, 3.05) is 19.6 Å². The van der Waals surface area contributed by atoms with Gasteiger partial charge in [0, 0.05) is 38.5 Å². The summed E-state index contributed by atoms with van der Waals surface area (Å²) in [6.45, 7) is 13.7. The van der Waals surface area contributed by atoms with Crippen LogP contribution >= 0.6 is 0 Å². The number of hydrogen-bond acceptors (Lipinski definition) is 7. The lowest BCUT2D eigenvalue weighted by atomic mass is 9.82. The molecule has 3 saturated carbocycles. The van der Waals surface area contributed by atoms with Crippen LogP contribution in [0.25, 0.3) is 0 Å². The highest BCUT2D eigenvalue weighted by Crippen LogP contribution is 2.65. The third-order valence-electron chi connectivity index (χ3n) is 10.3. The molecule has 0 radical (unpaired) electrons. The molecule has 0 aromatic carbocycles. The smallest absolute Gasteiger partial charge is 0.315 e. The molecule has 4 atom stereocenters. The quantitative estimate of drug-likeness (QED) is 0.205. The minimum Gasteiger partial charge on any atom is -0.347 e. The molecule has 0 aromatic heterocycles. The summed E-state index contributed by atoms with van der Waals surface area (Å²) in [6, 6.07) is -2.45. The summed E-state index contributed by atoms with van der Waals surface area (Å²) in [5.74, 6) is -2.78. The fourth-order valence-corrected chi connectivity index (χ4v) is 7.09. The topological polar surface area (TPSA) is 174 Å². The van der Waals surface area contributed by atoms with Gasteiger partial charge in [0.2, 0.25) is 29.4 Å². The van der Waals surface area contributed by atoms with Crippen LogP contribution in [0.3, 0.4) is 0 Å². The van der Waals surface area contributed by atoms with Crippen LogP contribution in [-0.2, 0) is 28.8 Å². The van der Waals surface area contributed by atoms with Crippen LogP contribution in [0.15, 0.2) is 0 Å². The Morgan fingerprint density at radius 2 is 1.56 bits per heavy atom. The summed E-state index contributed by atoms with van der Waals surface area (Å²) < 4.78 is 0. The van der Waals surface area contributed by atoms with Crippen molar-refractivity contribution in [1.82, 2.24) is 31.1 Å². The molecule has 2 aliphatic heterocycles. The zero-order valence-electron chi connectivity index (χ0n) is 27.5. The van der Waals surface area contributed by atoms with Crippen LogP contribution in [-0.4, -0.2) is 94.4 Å². The molecule has 7 amide bonds. The number of carbonyl (C=O) groups excluding carboxylic acids is 7. The summed E-state index contributed by atoms with van der Waals surface area (Å²) in [5.41, 5.74) is -2.54. The fraction of sp³-hybridized carbons (Fsp3) is 0.781. The predicted molar refractivity (Wildman–Crippen MR) is 162 cm³/mol. The molecule has 3 aliphatic carbocycles. The molecule has 13 nitrogen and oxygen atoms in total. The van der Waals surface area contributed by atoms with E-state index < -0.39 is 58.0 Å². The number of piperidine rings is 2. The Morgan fingerprint density at radius 3 is 2.09 bits per heavy atom. The molecular formula is C32H48N6O7. The molecule has 5 fully saturated rings. The lowest BCUT2D eigenvalue weighted by molar-refractivity contribution is -0.152. The Balaban J connectivity index is 1.23. The maximum absolute atomic E-state index is 14.1. The van der Waals surface area contributed by atoms with Gasteiger partial charge in [0.05, 0.1) is 0 Å². The van der Waals surface area contributed by atoms with Gasteiger partial charge in [-0.2, -0.15) is 0 Å². The van der Waals surface area contributed by atoms with Crippen molar-refractivity contribution in [3.8, 4) is 0 Å². The van der Waals surface area contributed by atoms with Crippen molar-refractivity contribution in [2.24, 2.45) is 28.1 Å². The summed E-state index contributed by atoms with van der Waals surface area (Å²) in [5, 5.41) is 11.0. The van der Waals surface area contributed by atoms with Crippen molar-refractivity contribution >= 4 is 41.4 Å². The van der Waals surface area contributed by atoms with Crippen molar-refractivity contribution in [3.63, 3.8) is 0 Å². The number of nitrogens with zero attached hydrogens (tertiary/aromatic N) is 2. The van der Waals surface area contributed by atoms with Gasteiger partial charge >= 0.3 is 6.03 Å². The first-order valence-electron chi connectivity index (χ1n) is 16.1. The Kier molecular flexibility index (Phi) is 8.09. The Hall–Kier alpha value is -3.51. The van der Waals surface area contributed by atoms with E-state index in [0.717, 1.165) is 17.7 Å². The van der Waals surface area contributed by atoms with Crippen LogP contribution in [0, 0.1) is 28.1 Å². The molecule has 248 valence electrons. The van der Waals surface area contributed by atoms with E-state index in [4.69, 9.17) is 0 Å². The number of amides is 7. The van der Waals surface area contributed by atoms with Crippen LogP contribution in [0.5, 0.6) is 0 Å². The van der Waals surface area contributed by atoms with E-state index >= 15 is 0 Å². The van der Waals surface area contributed by atoms with E-state index in [1.54, 1.807) is 0 Å². The van der Waals surface area contributed by atoms with Gasteiger partial charge in [-0.25, -0.2) is 4.79 Å². The molecule has 0 bridgehead atoms. The van der Waals surface area contributed by atoms with Gasteiger partial charge in [-0.15, -0.1) is 0 Å². The average molecular weight is 629 g/mol. The molecule has 0 aromatic rings. The third-order valence-corrected chi connectivity index (χ3v) is 10.3. The number of nitrogens with one attached hydrogen (secondary N) is 4. The highest BCUT2D eigenvalue weighted by atomic mass is 16.2. The highest BCUT2D eigenvalue weighted by molar-refractivity contribution is 6.41. The van der Waals surface area contributed by atoms with E-state index in [1.807, 2.05) is 34.6 Å². The number of carbonyl (C=O) groups is 7. The first-order chi connectivity index (χ1) is 20.8. The minimum atomic E-state index is -1.24. The number of Topliss-reactive ketones (excluding diaryl/α,β-unsaturated/α-hetero) is 1. The zero-order chi connectivity index (χ0) is 33.3. The molecule has 4 N–H and O–H groups in total. The maximum atomic E-state index is 14.1. The first-order valence-corrected chi connectivity index (χ1v) is 16.1. The summed E-state index contributed by atoms with van der Waals surface area (Å²) >= 11 is 0. The molecule has 5 rings (SSSR count). The highest BCUT2D eigenvalue weighted by Gasteiger charge is 2.70. The monoisotopic (exact) mass is 628 g/mol. The second-order valence-corrected chi connectivity index (χ2v) is 16.2. The third kappa shape index (κ3) is 6.58. The van der Waals surface area contributed by atoms with Gasteiger partial charge in [0.25, 0.3) is 5.91 Å². The minimum absolute atomic E-state index is 0.0186. The van der Waals surface area contributed by atoms with Crippen LogP contribution < -0.4 is 21.3 Å². The normalized spacial score (nSPS) is 28.0. The van der Waals surface area contributed by atoms with Gasteiger partial charge < -0.3 is 26.2 Å². The average Bonchev–Trinajstić information content (AvgIpc) is 3.87. The molecule has 2 unspecified atom stereocenters. The Labute approximate surface area is 264 Å². The van der Waals surface area contributed by atoms with Crippen LogP contribution in [0.2, 0.25) is 0 Å². The first kappa shape index (κ1) is 32.9. The van der Waals surface area contributed by atoms with Crippen molar-refractivity contribution in [2.45, 2.75) is 111 Å². The number of urea groups is 1. The SMILES string of the molecule is CC1(C)CC(=O)N(CCNC(=O)N[C@@H](C(=O)N2CC3C([C@H]2C(=O)NC2(C(=O)C(=O)NC4CC4)CC2)C3(C)C)C(C)(C)C)C(=O)C1. The molecule has 2 saturated heterocycles. The standard InChI is InChI=1S/C32H48N6O7/c1-29(2,3)23(35-28(45)33-12-13-37-19(39)14-30(4,5)15-20(37)40)27(44)38-16-18-21(31(18,6)7)22(38)25(42)36-32(10-11-32)24(41)26(43)34-17-8-9-17/h17-18,21-23H,8-16H2,1-7H3,(H,34,43)(H,36,42)(H2,33,35,45)/t18?,21?,22-,23-/m0/s1. The summed E-state index contributed by atoms with van der Waals surface area (Å²) in [7, 11) is 0. The zero-order valence-corrected chi connectivity index (χ0v) is 27.5. The molecule has 2 heterocycles. The van der Waals surface area contributed by atoms with Gasteiger partial charge in [0.15, 0.2) is 0 Å². The van der Waals surface area contributed by atoms with E-state index in [9.17, 15) is 33.6 Å². The summed E-state index contributed by atoms with van der Waals surface area (Å²) in [4.78, 5) is 94.0. The Bertz CT molecular complexity index is 1310. The van der Waals surface area contributed by atoms with Crippen molar-refractivity contribution < 1.29 is 33.6 Å². The number of likely N-dealkylation sites (tertiary alicyclic amines) is 2. The summed E-state index contributed by atoms with van der Waals surface area (Å²) in [6.07, 6.45) is 2.91. The fourth-order valence-electron chi connectivity index (χ4n) is 7.09. The van der Waals surface area contributed by atoms with Crippen molar-refractivity contribution in [1.29, 1.82) is 0 Å². The maximum Gasteiger partial charge on any atom is 0.315 e. The van der Waals surface area contributed by atoms with E-state index in [0.29, 0.717) is 19.4 Å². The molecule has 5 aliphatic rings. The van der Waals surface area contributed by atoms with Crippen molar-refractivity contribution in [3.05, 3.63) is 0 Å². The molecule has 13 heteroatoms. The lowest BCUT2D eigenvalue weighted by Crippen LogP contribution is -2.62. The second kappa shape index (κ2) is 11.1. The van der Waals surface area contributed by atoms with Gasteiger partial charge in [-0.05, 0) is 53.8 Å². The number of rotatable bonds is 10. The number of ketones is 1. The number of fused-ring (bicyclic) bond motifs is 1. The molecule has 45 heavy (non-hydrogen) atoms. The van der Waals surface area contributed by atoms with Gasteiger partial charge in [-0.1, -0.05) is 48.5 Å². The number of imide groups is 1. The van der Waals surface area contributed by atoms with E-state index in [2.05, 4.69) is 35.1 Å². The largest absolute Gasteiger partial charge is 0.347 e. The van der Waals surface area contributed by atoms with E-state index in [1.165, 1.54) is 4.90 Å². The predicted octanol–water partition coefficient (Wildman–Crippen LogP) is 0.855. The Morgan fingerprint density at radius 1 is 0.956 bits per heavy atom. The van der Waals surface area contributed by atoms with Crippen LogP contribution in [0.4, 0.5) is 4.79 Å². The molecule has 0 spiro atoms. The number of hydrogen-bond donors (Lipinski definition) is 4. The molecular weight excluding hydrogens is 580 g/mol. The van der Waals surface area contributed by atoms with Crippen LogP contribution in [0.1, 0.15) is 87.0 Å². The lowest BCUT2D eigenvalue weighted by Gasteiger charge is -2.38. The second-order valence-electron chi connectivity index (χ2n) is 16.2. The van der Waals surface area contributed by atoms with Gasteiger partial charge in [0.1, 0.15) is 17.6 Å². The van der Waals surface area contributed by atoms with E-state index in [-0.39, 0.29) is 61.0 Å².